The maximum absolute atomic E-state index is 11.1. The van der Waals surface area contributed by atoms with E-state index in [0.717, 1.165) is 18.5 Å². The Bertz CT molecular complexity index is 322. The molecule has 0 spiro atoms. The molecule has 1 rings (SSSR count). The van der Waals surface area contributed by atoms with E-state index in [4.69, 9.17) is 11.6 Å². The molecule has 1 heterocycles. The van der Waals surface area contributed by atoms with Crippen molar-refractivity contribution in [3.05, 3.63) is 17.5 Å². The summed E-state index contributed by atoms with van der Waals surface area (Å²) < 4.78 is 0. The number of carbonyl (C=O) groups excluding carboxylic acids is 1. The summed E-state index contributed by atoms with van der Waals surface area (Å²) in [7, 11) is 0. The third-order valence-corrected chi connectivity index (χ3v) is 2.42. The highest BCUT2D eigenvalue weighted by atomic mass is 35.5. The molecule has 0 aliphatic rings. The maximum atomic E-state index is 11.1. The Morgan fingerprint density at radius 2 is 2.47 bits per heavy atom. The van der Waals surface area contributed by atoms with Crippen LogP contribution < -0.4 is 5.32 Å². The number of alkyl halides is 1. The number of H-pyrrole nitrogens is 1. The van der Waals surface area contributed by atoms with E-state index in [1.165, 1.54) is 5.56 Å². The molecular formula is C10H16ClN3O. The Morgan fingerprint density at radius 3 is 3.00 bits per heavy atom. The highest BCUT2D eigenvalue weighted by molar-refractivity contribution is 6.30. The fraction of sp³-hybridized carbons (Fsp3) is 0.600. The van der Waals surface area contributed by atoms with Gasteiger partial charge in [-0.05, 0) is 32.3 Å². The van der Waals surface area contributed by atoms with E-state index in [0.29, 0.717) is 6.54 Å². The first kappa shape index (κ1) is 12.0. The molecule has 1 atom stereocenters. The summed E-state index contributed by atoms with van der Waals surface area (Å²) in [6.45, 7) is 4.30. The normalized spacial score (nSPS) is 12.5. The lowest BCUT2D eigenvalue weighted by Crippen LogP contribution is -2.30. The topological polar surface area (TPSA) is 57.8 Å². The van der Waals surface area contributed by atoms with E-state index >= 15 is 0 Å². The van der Waals surface area contributed by atoms with E-state index in [2.05, 4.69) is 15.5 Å². The van der Waals surface area contributed by atoms with E-state index in [-0.39, 0.29) is 5.91 Å². The van der Waals surface area contributed by atoms with Crippen LogP contribution in [0.25, 0.3) is 0 Å². The lowest BCUT2D eigenvalue weighted by molar-refractivity contribution is -0.120. The molecule has 0 radical (unpaired) electrons. The Hall–Kier alpha value is -1.03. The molecule has 1 unspecified atom stereocenters. The zero-order valence-electron chi connectivity index (χ0n) is 9.01. The third-order valence-electron chi connectivity index (χ3n) is 2.22. The van der Waals surface area contributed by atoms with Gasteiger partial charge in [0, 0.05) is 12.2 Å². The maximum Gasteiger partial charge on any atom is 0.237 e. The molecule has 1 amide bonds. The quantitative estimate of drug-likeness (QED) is 0.592. The van der Waals surface area contributed by atoms with Crippen molar-refractivity contribution in [3.63, 3.8) is 0 Å². The van der Waals surface area contributed by atoms with E-state index in [1.807, 2.05) is 13.1 Å². The van der Waals surface area contributed by atoms with Gasteiger partial charge in [0.2, 0.25) is 5.91 Å². The van der Waals surface area contributed by atoms with Crippen LogP contribution >= 0.6 is 11.6 Å². The van der Waals surface area contributed by atoms with Crippen LogP contribution in [0.2, 0.25) is 0 Å². The molecule has 5 heteroatoms. The van der Waals surface area contributed by atoms with Crippen molar-refractivity contribution in [1.82, 2.24) is 15.5 Å². The summed E-state index contributed by atoms with van der Waals surface area (Å²) in [4.78, 5) is 11.1. The number of halogens is 1. The van der Waals surface area contributed by atoms with Gasteiger partial charge in [-0.15, -0.1) is 11.6 Å². The summed E-state index contributed by atoms with van der Waals surface area (Å²) in [5.41, 5.74) is 2.29. The molecule has 1 aromatic heterocycles. The summed E-state index contributed by atoms with van der Waals surface area (Å²) in [5, 5.41) is 9.11. The number of aromatic amines is 1. The number of rotatable bonds is 5. The third kappa shape index (κ3) is 3.91. The SMILES string of the molecule is Cc1[nH]ncc1CCCNC(=O)C(C)Cl. The molecule has 4 nitrogen and oxygen atoms in total. The molecule has 15 heavy (non-hydrogen) atoms. The van der Waals surface area contributed by atoms with Gasteiger partial charge in [0.1, 0.15) is 5.38 Å². The zero-order chi connectivity index (χ0) is 11.3. The van der Waals surface area contributed by atoms with Crippen molar-refractivity contribution < 1.29 is 4.79 Å². The summed E-state index contributed by atoms with van der Waals surface area (Å²) >= 11 is 5.60. The Kier molecular flexibility index (Phi) is 4.62. The summed E-state index contributed by atoms with van der Waals surface area (Å²) in [6, 6.07) is 0. The molecule has 0 saturated carbocycles. The van der Waals surface area contributed by atoms with E-state index in [1.54, 1.807) is 6.92 Å². The predicted octanol–water partition coefficient (Wildman–Crippen LogP) is 1.39. The molecule has 0 saturated heterocycles. The second-order valence-electron chi connectivity index (χ2n) is 3.53. The van der Waals surface area contributed by atoms with Crippen LogP contribution in [0.4, 0.5) is 0 Å². The van der Waals surface area contributed by atoms with Crippen molar-refractivity contribution in [2.75, 3.05) is 6.54 Å². The number of aromatic nitrogens is 2. The zero-order valence-corrected chi connectivity index (χ0v) is 9.77. The van der Waals surface area contributed by atoms with Gasteiger partial charge in [-0.3, -0.25) is 9.89 Å². The lowest BCUT2D eigenvalue weighted by Gasteiger charge is -2.05. The molecule has 1 aromatic rings. The monoisotopic (exact) mass is 229 g/mol. The molecule has 84 valence electrons. The van der Waals surface area contributed by atoms with Crippen LogP contribution in [-0.2, 0) is 11.2 Å². The number of nitrogens with zero attached hydrogens (tertiary/aromatic N) is 1. The van der Waals surface area contributed by atoms with Gasteiger partial charge in [-0.2, -0.15) is 5.10 Å². The fourth-order valence-corrected chi connectivity index (χ4v) is 1.34. The van der Waals surface area contributed by atoms with Crippen LogP contribution in [0, 0.1) is 6.92 Å². The lowest BCUT2D eigenvalue weighted by atomic mass is 10.1. The first-order chi connectivity index (χ1) is 7.11. The van der Waals surface area contributed by atoms with E-state index < -0.39 is 5.38 Å². The van der Waals surface area contributed by atoms with Crippen molar-refractivity contribution >= 4 is 17.5 Å². The van der Waals surface area contributed by atoms with Gasteiger partial charge >= 0.3 is 0 Å². The first-order valence-corrected chi connectivity index (χ1v) is 5.45. The van der Waals surface area contributed by atoms with Crippen molar-refractivity contribution in [1.29, 1.82) is 0 Å². The first-order valence-electron chi connectivity index (χ1n) is 5.02. The van der Waals surface area contributed by atoms with Gasteiger partial charge in [0.05, 0.1) is 6.20 Å². The van der Waals surface area contributed by atoms with Crippen LogP contribution in [0.3, 0.4) is 0 Å². The predicted molar refractivity (Wildman–Crippen MR) is 60.0 cm³/mol. The van der Waals surface area contributed by atoms with Crippen molar-refractivity contribution in [3.8, 4) is 0 Å². The summed E-state index contributed by atoms with van der Waals surface area (Å²) in [6.07, 6.45) is 3.64. The number of nitrogens with one attached hydrogen (secondary N) is 2. The molecule has 0 bridgehead atoms. The van der Waals surface area contributed by atoms with Crippen LogP contribution in [-0.4, -0.2) is 28.0 Å². The average Bonchev–Trinajstić information content (AvgIpc) is 2.58. The number of carbonyl (C=O) groups is 1. The van der Waals surface area contributed by atoms with Crippen molar-refractivity contribution in [2.45, 2.75) is 32.1 Å². The number of hydrogen-bond donors (Lipinski definition) is 2. The molecule has 0 aliphatic carbocycles. The van der Waals surface area contributed by atoms with Gasteiger partial charge in [-0.25, -0.2) is 0 Å². The van der Waals surface area contributed by atoms with Crippen molar-refractivity contribution in [2.24, 2.45) is 0 Å². The number of hydrogen-bond acceptors (Lipinski definition) is 2. The average molecular weight is 230 g/mol. The van der Waals surface area contributed by atoms with E-state index in [9.17, 15) is 4.79 Å². The summed E-state index contributed by atoms with van der Waals surface area (Å²) in [5.74, 6) is -0.111. The standard InChI is InChI=1S/C10H16ClN3O/c1-7(11)10(15)12-5-3-4-9-6-13-14-8(9)2/h6-7H,3-5H2,1-2H3,(H,12,15)(H,13,14). The molecule has 2 N–H and O–H groups in total. The highest BCUT2D eigenvalue weighted by Crippen LogP contribution is 2.05. The Morgan fingerprint density at radius 1 is 1.73 bits per heavy atom. The van der Waals surface area contributed by atoms with Crippen LogP contribution in [0.1, 0.15) is 24.6 Å². The van der Waals surface area contributed by atoms with Crippen LogP contribution in [0.15, 0.2) is 6.20 Å². The fourth-order valence-electron chi connectivity index (χ4n) is 1.26. The smallest absolute Gasteiger partial charge is 0.237 e. The minimum Gasteiger partial charge on any atom is -0.355 e. The van der Waals surface area contributed by atoms with Gasteiger partial charge in [-0.1, -0.05) is 0 Å². The van der Waals surface area contributed by atoms with Gasteiger partial charge in [0.25, 0.3) is 0 Å². The van der Waals surface area contributed by atoms with Crippen LogP contribution in [0.5, 0.6) is 0 Å². The molecule has 0 fully saturated rings. The molecular weight excluding hydrogens is 214 g/mol. The van der Waals surface area contributed by atoms with Gasteiger partial charge < -0.3 is 5.32 Å². The minimum atomic E-state index is -0.458. The number of amides is 1. The van der Waals surface area contributed by atoms with Gasteiger partial charge in [0.15, 0.2) is 0 Å². The number of aryl methyl sites for hydroxylation is 2. The Labute approximate surface area is 94.4 Å². The second kappa shape index (κ2) is 5.75. The molecule has 0 aromatic carbocycles. The largest absolute Gasteiger partial charge is 0.355 e. The highest BCUT2D eigenvalue weighted by Gasteiger charge is 2.07. The second-order valence-corrected chi connectivity index (χ2v) is 4.19. The minimum absolute atomic E-state index is 0.111. The Balaban J connectivity index is 2.18. The molecule has 0 aliphatic heterocycles.